The maximum Gasteiger partial charge on any atom is 0.333 e. The molecule has 3 atom stereocenters. The van der Waals surface area contributed by atoms with Gasteiger partial charge in [0.05, 0.1) is 17.7 Å². The second-order valence-corrected chi connectivity index (χ2v) is 10.7. The van der Waals surface area contributed by atoms with Gasteiger partial charge in [-0.1, -0.05) is 66.2 Å². The maximum absolute atomic E-state index is 13.4. The predicted octanol–water partition coefficient (Wildman–Crippen LogP) is 3.33. The summed E-state index contributed by atoms with van der Waals surface area (Å²) < 4.78 is 11.8. The summed E-state index contributed by atoms with van der Waals surface area (Å²) in [7, 11) is 0. The number of imide groups is 1. The third-order valence-electron chi connectivity index (χ3n) is 6.28. The molecule has 1 fully saturated rings. The van der Waals surface area contributed by atoms with E-state index < -0.39 is 47.1 Å². The molecule has 10 nitrogen and oxygen atoms in total. The number of ether oxygens (including phenoxy) is 2. The summed E-state index contributed by atoms with van der Waals surface area (Å²) >= 11 is 4.06. The SMILES string of the molecule is C=C(CBr)C(C(=O)OCCCC)N1C(=O)C(NC(=O)COc2ccccc2)C1SN1C(=O)c2ccccc2C1=O. The van der Waals surface area contributed by atoms with Gasteiger partial charge in [0.15, 0.2) is 12.6 Å². The fourth-order valence-corrected chi connectivity index (χ4v) is 5.75. The van der Waals surface area contributed by atoms with Crippen LogP contribution in [0.5, 0.6) is 5.75 Å². The van der Waals surface area contributed by atoms with Crippen LogP contribution in [0.2, 0.25) is 0 Å². The highest BCUT2D eigenvalue weighted by Crippen LogP contribution is 2.40. The number of carbonyl (C=O) groups is 5. The zero-order chi connectivity index (χ0) is 28.8. The van der Waals surface area contributed by atoms with E-state index in [1.165, 1.54) is 4.90 Å². The minimum absolute atomic E-state index is 0.163. The van der Waals surface area contributed by atoms with E-state index in [1.54, 1.807) is 54.6 Å². The van der Waals surface area contributed by atoms with Crippen molar-refractivity contribution in [2.45, 2.75) is 37.2 Å². The minimum Gasteiger partial charge on any atom is -0.484 e. The van der Waals surface area contributed by atoms with E-state index in [9.17, 15) is 24.0 Å². The van der Waals surface area contributed by atoms with Gasteiger partial charge in [0.25, 0.3) is 17.7 Å². The molecule has 3 unspecified atom stereocenters. The molecule has 2 aromatic rings. The lowest BCUT2D eigenvalue weighted by Gasteiger charge is -2.50. The number of hydrogen-bond acceptors (Lipinski definition) is 8. The Labute approximate surface area is 244 Å². The lowest BCUT2D eigenvalue weighted by molar-refractivity contribution is -0.163. The normalized spacial score (nSPS) is 18.6. The Bertz CT molecular complexity index is 1290. The first kappa shape index (κ1) is 29.3. The van der Waals surface area contributed by atoms with Crippen LogP contribution in [0, 0.1) is 0 Å². The van der Waals surface area contributed by atoms with E-state index in [1.807, 2.05) is 6.92 Å². The number of nitrogens with zero attached hydrogens (tertiary/aromatic N) is 2. The molecule has 2 aromatic carbocycles. The van der Waals surface area contributed by atoms with Crippen LogP contribution in [-0.2, 0) is 19.1 Å². The quantitative estimate of drug-likeness (QED) is 0.0681. The predicted molar refractivity (Wildman–Crippen MR) is 152 cm³/mol. The molecule has 0 saturated carbocycles. The van der Waals surface area contributed by atoms with Crippen molar-refractivity contribution in [3.63, 3.8) is 0 Å². The van der Waals surface area contributed by atoms with Crippen LogP contribution < -0.4 is 10.1 Å². The van der Waals surface area contributed by atoms with Crippen LogP contribution >= 0.6 is 27.9 Å². The fraction of sp³-hybridized carbons (Fsp3) is 0.321. The molecule has 1 N–H and O–H groups in total. The summed E-state index contributed by atoms with van der Waals surface area (Å²) in [6, 6.07) is 12.7. The van der Waals surface area contributed by atoms with E-state index in [2.05, 4.69) is 27.8 Å². The second-order valence-electron chi connectivity index (χ2n) is 9.05. The van der Waals surface area contributed by atoms with Crippen LogP contribution in [0.15, 0.2) is 66.7 Å². The van der Waals surface area contributed by atoms with Crippen molar-refractivity contribution in [2.24, 2.45) is 0 Å². The molecule has 40 heavy (non-hydrogen) atoms. The Balaban J connectivity index is 1.57. The van der Waals surface area contributed by atoms with Crippen LogP contribution in [0.3, 0.4) is 0 Å². The number of halogens is 1. The summed E-state index contributed by atoms with van der Waals surface area (Å²) in [6.07, 6.45) is 1.44. The van der Waals surface area contributed by atoms with Gasteiger partial charge in [-0.25, -0.2) is 9.10 Å². The number of hydrogen-bond donors (Lipinski definition) is 1. The third kappa shape index (κ3) is 6.07. The number of likely N-dealkylation sites (tertiary alicyclic amines) is 1. The molecule has 2 aliphatic rings. The first-order valence-corrected chi connectivity index (χ1v) is 14.6. The molecule has 4 amide bonds. The summed E-state index contributed by atoms with van der Waals surface area (Å²) in [5, 5.41) is 1.83. The highest BCUT2D eigenvalue weighted by Gasteiger charge is 2.56. The van der Waals surface area contributed by atoms with Gasteiger partial charge in [0.1, 0.15) is 17.2 Å². The summed E-state index contributed by atoms with van der Waals surface area (Å²) in [5.41, 5.74) is 0.809. The van der Waals surface area contributed by atoms with Crippen molar-refractivity contribution in [2.75, 3.05) is 18.5 Å². The van der Waals surface area contributed by atoms with E-state index in [0.29, 0.717) is 17.7 Å². The molecule has 0 bridgehead atoms. The number of benzene rings is 2. The Hall–Kier alpha value is -3.64. The lowest BCUT2D eigenvalue weighted by atomic mass is 9.99. The number of unbranched alkanes of at least 4 members (excludes halogenated alkanes) is 1. The molecule has 0 aromatic heterocycles. The zero-order valence-electron chi connectivity index (χ0n) is 21.7. The van der Waals surface area contributed by atoms with E-state index in [-0.39, 0.29) is 29.7 Å². The summed E-state index contributed by atoms with van der Waals surface area (Å²) in [5.74, 6) is -2.48. The molecule has 2 aliphatic heterocycles. The Morgan fingerprint density at radius 3 is 2.27 bits per heavy atom. The first-order chi connectivity index (χ1) is 19.3. The number of β-lactam (4-membered cyclic amide) rings is 1. The molecule has 12 heteroatoms. The first-order valence-electron chi connectivity index (χ1n) is 12.6. The van der Waals surface area contributed by atoms with Crippen LogP contribution in [-0.4, -0.2) is 74.8 Å². The lowest BCUT2D eigenvalue weighted by Crippen LogP contribution is -2.74. The minimum atomic E-state index is -1.19. The van der Waals surface area contributed by atoms with Gasteiger partial charge in [0, 0.05) is 5.33 Å². The van der Waals surface area contributed by atoms with Gasteiger partial charge in [-0.3, -0.25) is 19.2 Å². The molecular formula is C28H28BrN3O7S. The van der Waals surface area contributed by atoms with Gasteiger partial charge < -0.3 is 19.7 Å². The topological polar surface area (TPSA) is 122 Å². The summed E-state index contributed by atoms with van der Waals surface area (Å²) in [6.45, 7) is 5.68. The highest BCUT2D eigenvalue weighted by molar-refractivity contribution is 9.09. The van der Waals surface area contributed by atoms with Crippen molar-refractivity contribution < 1.29 is 33.4 Å². The zero-order valence-corrected chi connectivity index (χ0v) is 24.1. The Morgan fingerprint density at radius 2 is 1.68 bits per heavy atom. The van der Waals surface area contributed by atoms with Crippen molar-refractivity contribution >= 4 is 57.5 Å². The maximum atomic E-state index is 13.4. The van der Waals surface area contributed by atoms with E-state index in [0.717, 1.165) is 22.7 Å². The smallest absolute Gasteiger partial charge is 0.333 e. The van der Waals surface area contributed by atoms with E-state index >= 15 is 0 Å². The van der Waals surface area contributed by atoms with Crippen LogP contribution in [0.1, 0.15) is 40.5 Å². The number of fused-ring (bicyclic) bond motifs is 1. The molecule has 0 spiro atoms. The van der Waals surface area contributed by atoms with Crippen molar-refractivity contribution in [1.82, 2.24) is 14.5 Å². The third-order valence-corrected chi connectivity index (χ3v) is 8.26. The Kier molecular flexibility index (Phi) is 9.64. The van der Waals surface area contributed by atoms with Crippen molar-refractivity contribution in [3.8, 4) is 5.75 Å². The molecule has 0 aliphatic carbocycles. The molecule has 2 heterocycles. The van der Waals surface area contributed by atoms with Crippen molar-refractivity contribution in [1.29, 1.82) is 0 Å². The van der Waals surface area contributed by atoms with Gasteiger partial charge in [-0.15, -0.1) is 0 Å². The van der Waals surface area contributed by atoms with Gasteiger partial charge >= 0.3 is 5.97 Å². The number of esters is 1. The van der Waals surface area contributed by atoms with Crippen molar-refractivity contribution in [3.05, 3.63) is 77.9 Å². The van der Waals surface area contributed by atoms with Gasteiger partial charge in [-0.05, 0) is 48.2 Å². The molecule has 4 rings (SSSR count). The second kappa shape index (κ2) is 13.1. The Morgan fingerprint density at radius 1 is 1.05 bits per heavy atom. The summed E-state index contributed by atoms with van der Waals surface area (Å²) in [4.78, 5) is 66.7. The number of para-hydroxylation sites is 1. The van der Waals surface area contributed by atoms with Gasteiger partial charge in [0.2, 0.25) is 5.91 Å². The number of rotatable bonds is 13. The number of carbonyl (C=O) groups excluding carboxylic acids is 5. The number of amides is 4. The van der Waals surface area contributed by atoms with Crippen LogP contribution in [0.4, 0.5) is 0 Å². The highest BCUT2D eigenvalue weighted by atomic mass is 79.9. The molecule has 0 radical (unpaired) electrons. The molecule has 1 saturated heterocycles. The average Bonchev–Trinajstić information content (AvgIpc) is 3.21. The number of nitrogens with one attached hydrogen (secondary N) is 1. The molecular weight excluding hydrogens is 602 g/mol. The largest absolute Gasteiger partial charge is 0.484 e. The van der Waals surface area contributed by atoms with E-state index in [4.69, 9.17) is 9.47 Å². The number of alkyl halides is 1. The fourth-order valence-electron chi connectivity index (χ4n) is 4.20. The van der Waals surface area contributed by atoms with Crippen LogP contribution in [0.25, 0.3) is 0 Å². The molecule has 210 valence electrons. The van der Waals surface area contributed by atoms with Gasteiger partial charge in [-0.2, -0.15) is 0 Å². The standard InChI is InChI=1S/C28H28BrN3O7S/c1-3-4-14-38-28(37)23(17(2)15-29)31-26(36)22(30-21(33)16-39-18-10-6-5-7-11-18)27(31)40-32-24(34)19-12-8-9-13-20(19)25(32)35/h5-13,22-23,27H,2-4,14-16H2,1H3,(H,30,33). The monoisotopic (exact) mass is 629 g/mol. The average molecular weight is 631 g/mol.